The van der Waals surface area contributed by atoms with E-state index in [0.29, 0.717) is 21.8 Å². The Bertz CT molecular complexity index is 1040. The van der Waals surface area contributed by atoms with Crippen LogP contribution in [0.3, 0.4) is 0 Å². The number of carbonyl (C=O) groups excluding carboxylic acids is 1. The number of nitrogens with one attached hydrogen (secondary N) is 1. The second-order valence-corrected chi connectivity index (χ2v) is 7.46. The summed E-state index contributed by atoms with van der Waals surface area (Å²) < 4.78 is 6.56. The number of benzene rings is 1. The molecule has 2 heterocycles. The van der Waals surface area contributed by atoms with Gasteiger partial charge in [-0.15, -0.1) is 11.3 Å². The monoisotopic (exact) mass is 391 g/mol. The molecular weight excluding hydrogens is 374 g/mol. The number of aryl methyl sites for hydroxylation is 3. The normalized spacial score (nSPS) is 10.9. The minimum absolute atomic E-state index is 0.114. The number of ether oxygens (including phenoxy) is 1. The fraction of sp³-hybridized carbons (Fsp3) is 0.278. The molecule has 136 valence electrons. The van der Waals surface area contributed by atoms with Gasteiger partial charge in [-0.25, -0.2) is 4.98 Å². The van der Waals surface area contributed by atoms with Crippen LogP contribution in [0.25, 0.3) is 10.2 Å². The molecule has 0 aliphatic heterocycles. The van der Waals surface area contributed by atoms with E-state index >= 15 is 0 Å². The van der Waals surface area contributed by atoms with E-state index in [1.807, 2.05) is 13.8 Å². The molecule has 2 aromatic heterocycles. The Morgan fingerprint density at radius 2 is 2.15 bits per heavy atom. The number of amides is 1. The average Bonchev–Trinajstić information content (AvgIpc) is 2.89. The number of halogens is 1. The summed E-state index contributed by atoms with van der Waals surface area (Å²) in [7, 11) is 1.53. The van der Waals surface area contributed by atoms with Gasteiger partial charge in [0.1, 0.15) is 10.6 Å². The van der Waals surface area contributed by atoms with Crippen LogP contribution >= 0.6 is 22.9 Å². The van der Waals surface area contributed by atoms with E-state index in [0.717, 1.165) is 15.3 Å². The maximum absolute atomic E-state index is 12.6. The molecule has 1 amide bonds. The smallest absolute Gasteiger partial charge is 0.262 e. The summed E-state index contributed by atoms with van der Waals surface area (Å²) in [6.07, 6.45) is 1.65. The lowest BCUT2D eigenvalue weighted by Crippen LogP contribution is -2.23. The number of hydrogen-bond acceptors (Lipinski definition) is 5. The van der Waals surface area contributed by atoms with Crippen LogP contribution in [0, 0.1) is 13.8 Å². The third-order valence-electron chi connectivity index (χ3n) is 4.17. The van der Waals surface area contributed by atoms with Gasteiger partial charge in [0.15, 0.2) is 0 Å². The van der Waals surface area contributed by atoms with Crippen LogP contribution in [0.5, 0.6) is 5.75 Å². The van der Waals surface area contributed by atoms with Gasteiger partial charge in [-0.1, -0.05) is 11.6 Å². The van der Waals surface area contributed by atoms with Gasteiger partial charge in [-0.2, -0.15) is 0 Å². The van der Waals surface area contributed by atoms with Crippen molar-refractivity contribution in [1.29, 1.82) is 0 Å². The van der Waals surface area contributed by atoms with Crippen LogP contribution in [0.2, 0.25) is 5.02 Å². The molecule has 0 saturated heterocycles. The number of carbonyl (C=O) groups is 1. The Hall–Kier alpha value is -2.38. The number of anilines is 1. The minimum atomic E-state index is -0.212. The fourth-order valence-corrected chi connectivity index (χ4v) is 3.86. The number of aromatic nitrogens is 2. The third-order valence-corrected chi connectivity index (χ3v) is 5.58. The number of methoxy groups -OCH3 is 1. The van der Waals surface area contributed by atoms with Crippen LogP contribution in [-0.2, 0) is 11.3 Å². The van der Waals surface area contributed by atoms with Crippen molar-refractivity contribution in [3.8, 4) is 5.75 Å². The first-order chi connectivity index (χ1) is 12.4. The predicted molar refractivity (Wildman–Crippen MR) is 105 cm³/mol. The molecule has 0 saturated carbocycles. The van der Waals surface area contributed by atoms with Crippen molar-refractivity contribution in [3.05, 3.63) is 50.3 Å². The first-order valence-corrected chi connectivity index (χ1v) is 9.18. The SMILES string of the molecule is COc1ccc(NC(=O)CCn2cnc3sc(C)c(C)c3c2=O)cc1Cl. The van der Waals surface area contributed by atoms with Gasteiger partial charge in [0.2, 0.25) is 5.91 Å². The Morgan fingerprint density at radius 3 is 2.85 bits per heavy atom. The van der Waals surface area contributed by atoms with Crippen molar-refractivity contribution in [2.45, 2.75) is 26.8 Å². The van der Waals surface area contributed by atoms with Crippen LogP contribution in [-0.4, -0.2) is 22.6 Å². The second kappa shape index (κ2) is 7.47. The molecule has 0 atom stereocenters. The maximum Gasteiger partial charge on any atom is 0.262 e. The first kappa shape index (κ1) is 18.4. The number of hydrogen-bond donors (Lipinski definition) is 1. The summed E-state index contributed by atoms with van der Waals surface area (Å²) >= 11 is 7.56. The zero-order valence-electron chi connectivity index (χ0n) is 14.6. The molecule has 1 aromatic carbocycles. The van der Waals surface area contributed by atoms with E-state index in [1.165, 1.54) is 29.3 Å². The van der Waals surface area contributed by atoms with Crippen LogP contribution in [0.4, 0.5) is 5.69 Å². The maximum atomic E-state index is 12.6. The molecule has 0 fully saturated rings. The highest BCUT2D eigenvalue weighted by Gasteiger charge is 2.13. The van der Waals surface area contributed by atoms with Gasteiger partial charge in [0.25, 0.3) is 5.56 Å². The molecule has 0 bridgehead atoms. The highest BCUT2D eigenvalue weighted by molar-refractivity contribution is 7.18. The van der Waals surface area contributed by atoms with Crippen LogP contribution < -0.4 is 15.6 Å². The highest BCUT2D eigenvalue weighted by Crippen LogP contribution is 2.27. The molecule has 26 heavy (non-hydrogen) atoms. The molecule has 0 unspecified atom stereocenters. The predicted octanol–water partition coefficient (Wildman–Crippen LogP) is 3.77. The van der Waals surface area contributed by atoms with E-state index in [4.69, 9.17) is 16.3 Å². The quantitative estimate of drug-likeness (QED) is 0.718. The van der Waals surface area contributed by atoms with E-state index in [-0.39, 0.29) is 24.4 Å². The third kappa shape index (κ3) is 3.59. The Labute approximate surface area is 159 Å². The molecule has 3 rings (SSSR count). The van der Waals surface area contributed by atoms with Gasteiger partial charge in [0.05, 0.1) is 23.8 Å². The van der Waals surface area contributed by atoms with E-state index in [1.54, 1.807) is 18.2 Å². The lowest BCUT2D eigenvalue weighted by molar-refractivity contribution is -0.116. The second-order valence-electron chi connectivity index (χ2n) is 5.85. The van der Waals surface area contributed by atoms with Gasteiger partial charge < -0.3 is 10.1 Å². The largest absolute Gasteiger partial charge is 0.495 e. The molecule has 6 nitrogen and oxygen atoms in total. The standard InChI is InChI=1S/C18H18ClN3O3S/c1-10-11(2)26-17-16(10)18(24)22(9-20-17)7-6-15(23)21-12-4-5-14(25-3)13(19)8-12/h4-5,8-9H,6-7H2,1-3H3,(H,21,23). The van der Waals surface area contributed by atoms with Crippen molar-refractivity contribution in [2.75, 3.05) is 12.4 Å². The Balaban J connectivity index is 1.71. The highest BCUT2D eigenvalue weighted by atomic mass is 35.5. The Morgan fingerprint density at radius 1 is 1.38 bits per heavy atom. The number of fused-ring (bicyclic) bond motifs is 1. The molecular formula is C18H18ClN3O3S. The zero-order chi connectivity index (χ0) is 18.8. The average molecular weight is 392 g/mol. The van der Waals surface area contributed by atoms with Gasteiger partial charge in [0, 0.05) is 23.5 Å². The number of rotatable bonds is 5. The van der Waals surface area contributed by atoms with Crippen molar-refractivity contribution in [3.63, 3.8) is 0 Å². The van der Waals surface area contributed by atoms with Gasteiger partial charge in [-0.05, 0) is 37.6 Å². The van der Waals surface area contributed by atoms with Crippen molar-refractivity contribution >= 4 is 44.7 Å². The summed E-state index contributed by atoms with van der Waals surface area (Å²) in [5, 5.41) is 3.82. The topological polar surface area (TPSA) is 73.2 Å². The summed E-state index contributed by atoms with van der Waals surface area (Å²) in [4.78, 5) is 30.9. The minimum Gasteiger partial charge on any atom is -0.495 e. The molecule has 1 N–H and O–H groups in total. The Kier molecular flexibility index (Phi) is 5.29. The number of thiophene rings is 1. The number of nitrogens with zero attached hydrogens (tertiary/aromatic N) is 2. The lowest BCUT2D eigenvalue weighted by atomic mass is 10.2. The van der Waals surface area contributed by atoms with Gasteiger partial charge >= 0.3 is 0 Å². The van der Waals surface area contributed by atoms with E-state index in [9.17, 15) is 9.59 Å². The summed E-state index contributed by atoms with van der Waals surface area (Å²) in [5.74, 6) is 0.327. The zero-order valence-corrected chi connectivity index (χ0v) is 16.2. The first-order valence-electron chi connectivity index (χ1n) is 7.99. The van der Waals surface area contributed by atoms with Gasteiger partial charge in [-0.3, -0.25) is 14.2 Å². The molecule has 3 aromatic rings. The summed E-state index contributed by atoms with van der Waals surface area (Å²) in [6, 6.07) is 5.01. The van der Waals surface area contributed by atoms with Crippen LogP contribution in [0.15, 0.2) is 29.3 Å². The van der Waals surface area contributed by atoms with E-state index in [2.05, 4.69) is 10.3 Å². The molecule has 0 radical (unpaired) electrons. The summed E-state index contributed by atoms with van der Waals surface area (Å²) in [6.45, 7) is 4.15. The van der Waals surface area contributed by atoms with Crippen molar-refractivity contribution in [2.24, 2.45) is 0 Å². The van der Waals surface area contributed by atoms with Crippen molar-refractivity contribution in [1.82, 2.24) is 9.55 Å². The molecule has 0 aliphatic carbocycles. The van der Waals surface area contributed by atoms with E-state index < -0.39 is 0 Å². The fourth-order valence-electron chi connectivity index (χ4n) is 2.62. The van der Waals surface area contributed by atoms with Crippen molar-refractivity contribution < 1.29 is 9.53 Å². The lowest BCUT2D eigenvalue weighted by Gasteiger charge is -2.09. The molecule has 8 heteroatoms. The molecule has 0 spiro atoms. The van der Waals surface area contributed by atoms with Crippen LogP contribution in [0.1, 0.15) is 16.9 Å². The molecule has 0 aliphatic rings. The summed E-state index contributed by atoms with van der Waals surface area (Å²) in [5.41, 5.74) is 1.41.